The normalized spacial score (nSPS) is 9.82. The molecule has 0 fully saturated rings. The Hall–Kier alpha value is -1.10. The molecule has 1 aromatic rings. The molecule has 0 aliphatic heterocycles. The highest BCUT2D eigenvalue weighted by Gasteiger charge is 1.96. The number of hydrogen-bond acceptors (Lipinski definition) is 3. The van der Waals surface area contributed by atoms with E-state index in [-0.39, 0.29) is 5.91 Å². The Balaban J connectivity index is 2.58. The van der Waals surface area contributed by atoms with Gasteiger partial charge < -0.3 is 10.3 Å². The maximum absolute atomic E-state index is 10.4. The third-order valence-electron chi connectivity index (χ3n) is 1.28. The van der Waals surface area contributed by atoms with Crippen LogP contribution in [-0.4, -0.2) is 10.5 Å². The van der Waals surface area contributed by atoms with Crippen molar-refractivity contribution < 1.29 is 4.79 Å². The van der Waals surface area contributed by atoms with Gasteiger partial charge in [-0.2, -0.15) is 0 Å². The molecule has 0 saturated carbocycles. The van der Waals surface area contributed by atoms with Gasteiger partial charge in [0.25, 0.3) is 0 Å². The Morgan fingerprint density at radius 2 is 2.55 bits per heavy atom. The van der Waals surface area contributed by atoms with Crippen molar-refractivity contribution >= 4 is 17.2 Å². The summed E-state index contributed by atoms with van der Waals surface area (Å²) in [4.78, 5) is 10.8. The van der Waals surface area contributed by atoms with E-state index in [4.69, 9.17) is 11.1 Å². The SMILES string of the molecule is N=c1sccn1CCC(N)=O. The third-order valence-corrected chi connectivity index (χ3v) is 2.00. The van der Waals surface area contributed by atoms with E-state index in [0.717, 1.165) is 0 Å². The van der Waals surface area contributed by atoms with Crippen molar-refractivity contribution in [2.75, 3.05) is 0 Å². The molecule has 0 radical (unpaired) electrons. The largest absolute Gasteiger partial charge is 0.370 e. The van der Waals surface area contributed by atoms with Crippen molar-refractivity contribution in [3.63, 3.8) is 0 Å². The predicted octanol–water partition coefficient (Wildman–Crippen LogP) is -0.0955. The molecule has 1 aromatic heterocycles. The summed E-state index contributed by atoms with van der Waals surface area (Å²) in [6.45, 7) is 0.512. The van der Waals surface area contributed by atoms with E-state index in [1.54, 1.807) is 10.8 Å². The van der Waals surface area contributed by atoms with Gasteiger partial charge in [-0.15, -0.1) is 11.3 Å². The molecule has 0 bridgehead atoms. The fourth-order valence-electron chi connectivity index (χ4n) is 0.710. The number of carbonyl (C=O) groups excluding carboxylic acids is 1. The molecule has 3 N–H and O–H groups in total. The van der Waals surface area contributed by atoms with Gasteiger partial charge in [0.2, 0.25) is 5.91 Å². The third kappa shape index (κ3) is 2.19. The number of rotatable bonds is 3. The van der Waals surface area contributed by atoms with Crippen molar-refractivity contribution in [3.05, 3.63) is 16.4 Å². The molecular weight excluding hydrogens is 162 g/mol. The highest BCUT2D eigenvalue weighted by atomic mass is 32.1. The molecule has 0 unspecified atom stereocenters. The van der Waals surface area contributed by atoms with E-state index in [2.05, 4.69) is 0 Å². The molecule has 11 heavy (non-hydrogen) atoms. The second-order valence-electron chi connectivity index (χ2n) is 2.12. The maximum atomic E-state index is 10.4. The zero-order chi connectivity index (χ0) is 8.27. The lowest BCUT2D eigenvalue weighted by atomic mass is 10.4. The molecule has 60 valence electrons. The monoisotopic (exact) mass is 171 g/mol. The first-order valence-corrected chi connectivity index (χ1v) is 4.05. The van der Waals surface area contributed by atoms with Gasteiger partial charge in [-0.05, 0) is 0 Å². The van der Waals surface area contributed by atoms with E-state index in [0.29, 0.717) is 17.8 Å². The molecule has 1 amide bonds. The Morgan fingerprint density at radius 1 is 1.82 bits per heavy atom. The van der Waals surface area contributed by atoms with E-state index >= 15 is 0 Å². The molecule has 0 atom stereocenters. The van der Waals surface area contributed by atoms with Gasteiger partial charge in [0.15, 0.2) is 4.80 Å². The first-order chi connectivity index (χ1) is 5.20. The molecule has 0 aliphatic carbocycles. The maximum Gasteiger partial charge on any atom is 0.219 e. The van der Waals surface area contributed by atoms with Gasteiger partial charge in [-0.3, -0.25) is 10.2 Å². The molecule has 0 aromatic carbocycles. The Morgan fingerprint density at radius 3 is 3.00 bits per heavy atom. The summed E-state index contributed by atoms with van der Waals surface area (Å²) in [6.07, 6.45) is 2.07. The zero-order valence-corrected chi connectivity index (χ0v) is 6.73. The quantitative estimate of drug-likeness (QED) is 0.655. The number of carbonyl (C=O) groups is 1. The average molecular weight is 171 g/mol. The van der Waals surface area contributed by atoms with Crippen LogP contribution in [0.2, 0.25) is 0 Å². The van der Waals surface area contributed by atoms with Crippen molar-refractivity contribution in [3.8, 4) is 0 Å². The summed E-state index contributed by atoms with van der Waals surface area (Å²) in [6, 6.07) is 0. The lowest BCUT2D eigenvalue weighted by Gasteiger charge is -1.97. The number of primary amides is 1. The summed E-state index contributed by atoms with van der Waals surface area (Å²) < 4.78 is 1.69. The first-order valence-electron chi connectivity index (χ1n) is 3.17. The van der Waals surface area contributed by atoms with Gasteiger partial charge in [-0.25, -0.2) is 0 Å². The topological polar surface area (TPSA) is 71.9 Å². The summed E-state index contributed by atoms with van der Waals surface area (Å²) >= 11 is 1.33. The van der Waals surface area contributed by atoms with Crippen LogP contribution in [0.25, 0.3) is 0 Å². The second kappa shape index (κ2) is 3.34. The van der Waals surface area contributed by atoms with Crippen LogP contribution >= 0.6 is 11.3 Å². The average Bonchev–Trinajstić information content (AvgIpc) is 2.31. The van der Waals surface area contributed by atoms with Crippen molar-refractivity contribution in [2.24, 2.45) is 5.73 Å². The van der Waals surface area contributed by atoms with Crippen LogP contribution in [0.5, 0.6) is 0 Å². The fraction of sp³-hybridized carbons (Fsp3) is 0.333. The molecule has 4 nitrogen and oxygen atoms in total. The van der Waals surface area contributed by atoms with Gasteiger partial charge in [-0.1, -0.05) is 0 Å². The van der Waals surface area contributed by atoms with Crippen LogP contribution in [0.15, 0.2) is 11.6 Å². The molecule has 5 heteroatoms. The number of aromatic nitrogens is 1. The lowest BCUT2D eigenvalue weighted by Crippen LogP contribution is -2.18. The smallest absolute Gasteiger partial charge is 0.219 e. The van der Waals surface area contributed by atoms with Crippen LogP contribution < -0.4 is 10.5 Å². The van der Waals surface area contributed by atoms with Crippen LogP contribution in [0, 0.1) is 5.41 Å². The Kier molecular flexibility index (Phi) is 2.43. The minimum Gasteiger partial charge on any atom is -0.370 e. The van der Waals surface area contributed by atoms with E-state index < -0.39 is 0 Å². The number of aryl methyl sites for hydroxylation is 1. The lowest BCUT2D eigenvalue weighted by molar-refractivity contribution is -0.118. The van der Waals surface area contributed by atoms with E-state index in [1.807, 2.05) is 5.38 Å². The molecule has 0 aliphatic rings. The summed E-state index contributed by atoms with van der Waals surface area (Å²) in [5.41, 5.74) is 4.95. The van der Waals surface area contributed by atoms with Gasteiger partial charge >= 0.3 is 0 Å². The Bertz CT molecular complexity index is 301. The molecule has 1 rings (SSSR count). The van der Waals surface area contributed by atoms with E-state index in [1.165, 1.54) is 11.3 Å². The molecule has 0 saturated heterocycles. The van der Waals surface area contributed by atoms with Crippen LogP contribution in [0.4, 0.5) is 0 Å². The number of thiazole rings is 1. The highest BCUT2D eigenvalue weighted by molar-refractivity contribution is 7.06. The second-order valence-corrected chi connectivity index (χ2v) is 3.01. The van der Waals surface area contributed by atoms with Gasteiger partial charge in [0.1, 0.15) is 0 Å². The van der Waals surface area contributed by atoms with Crippen molar-refractivity contribution in [1.82, 2.24) is 4.57 Å². The van der Waals surface area contributed by atoms with Crippen LogP contribution in [0.1, 0.15) is 6.42 Å². The molecular formula is C6H9N3OS. The minimum atomic E-state index is -0.330. The Labute approximate surface area is 67.8 Å². The summed E-state index contributed by atoms with van der Waals surface area (Å²) in [5.74, 6) is -0.330. The number of hydrogen-bond donors (Lipinski definition) is 2. The molecule has 1 heterocycles. The summed E-state index contributed by atoms with van der Waals surface area (Å²) in [7, 11) is 0. The minimum absolute atomic E-state index is 0.299. The van der Waals surface area contributed by atoms with Gasteiger partial charge in [0.05, 0.1) is 0 Å². The van der Waals surface area contributed by atoms with E-state index in [9.17, 15) is 4.79 Å². The van der Waals surface area contributed by atoms with Crippen molar-refractivity contribution in [1.29, 1.82) is 5.41 Å². The van der Waals surface area contributed by atoms with Crippen LogP contribution in [-0.2, 0) is 11.3 Å². The van der Waals surface area contributed by atoms with Crippen molar-refractivity contribution in [2.45, 2.75) is 13.0 Å². The number of nitrogens with two attached hydrogens (primary N) is 1. The number of nitrogens with one attached hydrogen (secondary N) is 1. The number of nitrogens with zero attached hydrogens (tertiary/aromatic N) is 1. The summed E-state index contributed by atoms with van der Waals surface area (Å²) in [5, 5.41) is 9.13. The van der Waals surface area contributed by atoms with Crippen LogP contribution in [0.3, 0.4) is 0 Å². The standard InChI is InChI=1S/C6H9N3OS/c7-5(10)1-2-9-3-4-11-6(9)8/h3-4,8H,1-2H2,(H2,7,10). The fourth-order valence-corrected chi connectivity index (χ4v) is 1.33. The zero-order valence-electron chi connectivity index (χ0n) is 5.91. The number of amides is 1. The highest BCUT2D eigenvalue weighted by Crippen LogP contribution is 1.90. The van der Waals surface area contributed by atoms with Gasteiger partial charge in [0, 0.05) is 24.5 Å². The molecule has 0 spiro atoms. The first kappa shape index (κ1) is 8.00. The predicted molar refractivity (Wildman–Crippen MR) is 42.0 cm³/mol.